The fraction of sp³-hybridized carbons (Fsp3) is 0.750. The number of fused-ring (bicyclic) bond motifs is 9. The van der Waals surface area contributed by atoms with Crippen LogP contribution in [0.5, 0.6) is 0 Å². The van der Waals surface area contributed by atoms with E-state index in [0.717, 1.165) is 0 Å². The van der Waals surface area contributed by atoms with Crippen molar-refractivity contribution in [3.8, 4) is 0 Å². The standard InChI is InChI=1S/C40H54O15/c1-19-17-39(47)27-14-15-35(8)26-13-12-16-49-18-38(26,20(2)50-21(3)41)31(52-23(5)43)28(51-22(4)42)29(35)36(27,9)32(53-24(6)44)33(54-25(7)45)37(39,10)40(30(19)55-40)34(46)48-11/h12-13,20,26-33,47H,1,14-18H2,2-11H3/t20-,26?,27?,28+,29?,30-,31+,32-,33+,35+,36+,37-,38-,39-,40?/m1/s1. The van der Waals surface area contributed by atoms with E-state index in [-0.39, 0.29) is 26.1 Å². The second kappa shape index (κ2) is 13.4. The predicted octanol–water partition coefficient (Wildman–Crippen LogP) is 2.93. The SMILES string of the molecule is C=C1C[C@@]2(O)C3CC[C@]4(C)C([C@H](OC(C)=O)[C@H](OC(C)=O)[C@@]5([C@@H](C)OC(C)=O)COCC=CC45)[C@@]3(C)[C@H](OC(C)=O)[C@H](OC(C)=O)[C@@]2(C)C2(C(=O)OC)O[C@H]12. The molecule has 1 N–H and O–H groups in total. The summed E-state index contributed by atoms with van der Waals surface area (Å²) in [5, 5.41) is 13.6. The number of ether oxygens (including phenoxy) is 8. The maximum atomic E-state index is 13.9. The first-order valence-corrected chi connectivity index (χ1v) is 18.8. The highest BCUT2D eigenvalue weighted by molar-refractivity contribution is 5.87. The highest BCUT2D eigenvalue weighted by atomic mass is 16.7. The fourth-order valence-electron chi connectivity index (χ4n) is 12.7. The van der Waals surface area contributed by atoms with Gasteiger partial charge in [0.25, 0.3) is 0 Å². The van der Waals surface area contributed by atoms with E-state index in [1.54, 1.807) is 20.8 Å². The summed E-state index contributed by atoms with van der Waals surface area (Å²) in [7, 11) is 1.19. The predicted molar refractivity (Wildman–Crippen MR) is 188 cm³/mol. The van der Waals surface area contributed by atoms with Crippen molar-refractivity contribution in [2.75, 3.05) is 20.3 Å². The number of hydrogen-bond acceptors (Lipinski definition) is 15. The summed E-state index contributed by atoms with van der Waals surface area (Å²) in [6, 6.07) is 0. The number of carbonyl (C=O) groups excluding carboxylic acids is 6. The lowest BCUT2D eigenvalue weighted by Gasteiger charge is -2.74. The van der Waals surface area contributed by atoms with Crippen LogP contribution in [-0.4, -0.2) is 109 Å². The molecule has 55 heavy (non-hydrogen) atoms. The molecule has 0 amide bonds. The Labute approximate surface area is 320 Å². The van der Waals surface area contributed by atoms with Crippen LogP contribution < -0.4 is 0 Å². The van der Waals surface area contributed by atoms with E-state index in [0.29, 0.717) is 12.0 Å². The van der Waals surface area contributed by atoms with E-state index in [1.165, 1.54) is 41.7 Å². The van der Waals surface area contributed by atoms with Crippen molar-refractivity contribution in [2.24, 2.45) is 39.4 Å². The number of methoxy groups -OCH3 is 1. The van der Waals surface area contributed by atoms with Crippen molar-refractivity contribution in [3.05, 3.63) is 24.3 Å². The van der Waals surface area contributed by atoms with Gasteiger partial charge in [0, 0.05) is 52.4 Å². The van der Waals surface area contributed by atoms with Crippen LogP contribution in [-0.2, 0) is 66.7 Å². The first kappa shape index (κ1) is 40.8. The third-order valence-electron chi connectivity index (χ3n) is 14.4. The lowest BCUT2D eigenvalue weighted by atomic mass is 9.31. The van der Waals surface area contributed by atoms with Crippen LogP contribution >= 0.6 is 0 Å². The van der Waals surface area contributed by atoms with Gasteiger partial charge in [-0.25, -0.2) is 4.79 Å². The van der Waals surface area contributed by atoms with Crippen molar-refractivity contribution in [3.63, 3.8) is 0 Å². The number of hydrogen-bond donors (Lipinski definition) is 1. The van der Waals surface area contributed by atoms with Gasteiger partial charge in [-0.1, -0.05) is 32.6 Å². The number of epoxide rings is 1. The van der Waals surface area contributed by atoms with Gasteiger partial charge >= 0.3 is 35.8 Å². The number of rotatable bonds is 7. The quantitative estimate of drug-likeness (QED) is 0.171. The van der Waals surface area contributed by atoms with Gasteiger partial charge in [0.15, 0.2) is 12.2 Å². The Morgan fingerprint density at radius 3 is 2.02 bits per heavy atom. The van der Waals surface area contributed by atoms with E-state index in [4.69, 9.17) is 37.9 Å². The summed E-state index contributed by atoms with van der Waals surface area (Å²) in [6.45, 7) is 17.5. The summed E-state index contributed by atoms with van der Waals surface area (Å²) in [5.74, 6) is -6.81. The molecule has 0 spiro atoms. The second-order valence-electron chi connectivity index (χ2n) is 17.1. The van der Waals surface area contributed by atoms with Gasteiger partial charge in [0.1, 0.15) is 24.4 Å². The number of esters is 6. The zero-order valence-corrected chi connectivity index (χ0v) is 33.3. The lowest BCUT2D eigenvalue weighted by Crippen LogP contribution is -2.84. The second-order valence-corrected chi connectivity index (χ2v) is 17.1. The molecule has 15 nitrogen and oxygen atoms in total. The number of allylic oxidation sites excluding steroid dienone is 1. The monoisotopic (exact) mass is 774 g/mol. The van der Waals surface area contributed by atoms with Gasteiger partial charge < -0.3 is 43.0 Å². The van der Waals surface area contributed by atoms with Gasteiger partial charge in [-0.15, -0.1) is 0 Å². The molecule has 5 fully saturated rings. The maximum Gasteiger partial charge on any atom is 0.342 e. The van der Waals surface area contributed by atoms with Crippen LogP contribution in [0.25, 0.3) is 0 Å². The largest absolute Gasteiger partial charge is 0.467 e. The molecule has 15 atom stereocenters. The number of aliphatic hydroxyl groups is 1. The normalized spacial score (nSPS) is 45.6. The third-order valence-corrected chi connectivity index (χ3v) is 14.4. The first-order valence-electron chi connectivity index (χ1n) is 18.8. The molecule has 0 aromatic carbocycles. The summed E-state index contributed by atoms with van der Waals surface area (Å²) in [6.07, 6.45) is -3.15. The van der Waals surface area contributed by atoms with Gasteiger partial charge in [-0.05, 0) is 49.5 Å². The molecule has 1 saturated heterocycles. The molecule has 0 bridgehead atoms. The van der Waals surface area contributed by atoms with E-state index < -0.39 is 123 Å². The van der Waals surface area contributed by atoms with E-state index >= 15 is 0 Å². The Morgan fingerprint density at radius 1 is 0.873 bits per heavy atom. The zero-order valence-electron chi connectivity index (χ0n) is 33.3. The summed E-state index contributed by atoms with van der Waals surface area (Å²) in [4.78, 5) is 79.7. The average Bonchev–Trinajstić information content (AvgIpc) is 3.87. The Kier molecular flexibility index (Phi) is 9.95. The smallest absolute Gasteiger partial charge is 0.342 e. The van der Waals surface area contributed by atoms with Gasteiger partial charge in [0.2, 0.25) is 5.60 Å². The Hall–Kier alpha value is -3.82. The molecule has 0 radical (unpaired) electrons. The molecule has 6 rings (SSSR count). The van der Waals surface area contributed by atoms with Crippen molar-refractivity contribution < 1.29 is 71.8 Å². The lowest BCUT2D eigenvalue weighted by molar-refractivity contribution is -0.357. The molecular formula is C40H54O15. The van der Waals surface area contributed by atoms with Gasteiger partial charge in [-0.3, -0.25) is 24.0 Å². The van der Waals surface area contributed by atoms with Crippen LogP contribution in [0.4, 0.5) is 0 Å². The highest BCUT2D eigenvalue weighted by Crippen LogP contribution is 2.78. The molecule has 0 aromatic rings. The van der Waals surface area contributed by atoms with Crippen LogP contribution in [0.2, 0.25) is 0 Å². The topological polar surface area (TPSA) is 200 Å². The number of carbonyl (C=O) groups is 6. The molecule has 2 aliphatic heterocycles. The molecule has 6 aliphatic rings. The van der Waals surface area contributed by atoms with E-state index in [9.17, 15) is 33.9 Å². The minimum Gasteiger partial charge on any atom is -0.467 e. The minimum atomic E-state index is -1.95. The van der Waals surface area contributed by atoms with Crippen LogP contribution in [0.15, 0.2) is 24.3 Å². The Balaban J connectivity index is 1.71. The molecule has 0 aromatic heterocycles. The molecule has 304 valence electrons. The Bertz CT molecular complexity index is 1720. The third kappa shape index (κ3) is 5.38. The fourth-order valence-corrected chi connectivity index (χ4v) is 12.7. The van der Waals surface area contributed by atoms with Crippen LogP contribution in [0.1, 0.15) is 81.6 Å². The highest BCUT2D eigenvalue weighted by Gasteiger charge is 2.91. The maximum absolute atomic E-state index is 13.9. The molecule has 15 heteroatoms. The van der Waals surface area contributed by atoms with Crippen molar-refractivity contribution >= 4 is 35.8 Å². The molecule has 4 saturated carbocycles. The molecule has 4 aliphatic carbocycles. The van der Waals surface area contributed by atoms with Crippen LogP contribution in [0, 0.1) is 39.4 Å². The minimum absolute atomic E-state index is 0.0665. The van der Waals surface area contributed by atoms with Crippen molar-refractivity contribution in [1.29, 1.82) is 0 Å². The first-order chi connectivity index (χ1) is 25.5. The average molecular weight is 775 g/mol. The van der Waals surface area contributed by atoms with Crippen molar-refractivity contribution in [1.82, 2.24) is 0 Å². The molecule has 2 heterocycles. The summed E-state index contributed by atoms with van der Waals surface area (Å²) in [5.41, 5.74) is -8.97. The molecular weight excluding hydrogens is 720 g/mol. The summed E-state index contributed by atoms with van der Waals surface area (Å²) < 4.78 is 48.6. The Morgan fingerprint density at radius 2 is 1.45 bits per heavy atom. The van der Waals surface area contributed by atoms with Gasteiger partial charge in [0.05, 0.1) is 36.8 Å². The summed E-state index contributed by atoms with van der Waals surface area (Å²) >= 11 is 0. The molecule has 4 unspecified atom stereocenters. The van der Waals surface area contributed by atoms with E-state index in [2.05, 4.69) is 6.58 Å². The zero-order chi connectivity index (χ0) is 40.8. The van der Waals surface area contributed by atoms with E-state index in [1.807, 2.05) is 19.1 Å². The van der Waals surface area contributed by atoms with Gasteiger partial charge in [-0.2, -0.15) is 0 Å². The van der Waals surface area contributed by atoms with Crippen molar-refractivity contribution in [2.45, 2.75) is 129 Å². The van der Waals surface area contributed by atoms with Crippen LogP contribution in [0.3, 0.4) is 0 Å².